The van der Waals surface area contributed by atoms with Crippen molar-refractivity contribution < 1.29 is 19.1 Å². The van der Waals surface area contributed by atoms with Crippen LogP contribution in [0.5, 0.6) is 0 Å². The maximum absolute atomic E-state index is 14.3. The first kappa shape index (κ1) is 25.7. The molecule has 1 amide bonds. The lowest BCUT2D eigenvalue weighted by atomic mass is 9.97. The molecule has 0 aliphatic heterocycles. The van der Waals surface area contributed by atoms with Gasteiger partial charge >= 0.3 is 5.97 Å². The van der Waals surface area contributed by atoms with Crippen LogP contribution in [-0.2, 0) is 24.3 Å². The highest BCUT2D eigenvalue weighted by molar-refractivity contribution is 7.80. The van der Waals surface area contributed by atoms with E-state index in [9.17, 15) is 14.0 Å². The van der Waals surface area contributed by atoms with Gasteiger partial charge in [0.15, 0.2) is 0 Å². The van der Waals surface area contributed by atoms with Gasteiger partial charge in [-0.25, -0.2) is 14.2 Å². The Morgan fingerprint density at radius 1 is 1.21 bits per heavy atom. The number of hydrogen-bond donors (Lipinski definition) is 3. The summed E-state index contributed by atoms with van der Waals surface area (Å²) >= 11 is 4.32. The van der Waals surface area contributed by atoms with Crippen LogP contribution in [0.3, 0.4) is 0 Å². The van der Waals surface area contributed by atoms with Gasteiger partial charge in [-0.1, -0.05) is 32.9 Å². The molecule has 2 N–H and O–H groups in total. The molecule has 3 aromatic rings. The topological polar surface area (TPSA) is 84.2 Å². The normalized spacial score (nSPS) is 12.3. The van der Waals surface area contributed by atoms with Gasteiger partial charge in [-0.3, -0.25) is 4.79 Å². The number of carboxylic acid groups (broad SMARTS) is 1. The molecule has 2 aromatic carbocycles. The number of aromatic carboxylic acids is 1. The third-order valence-electron chi connectivity index (χ3n) is 6.07. The Balaban J connectivity index is 1.96. The van der Waals surface area contributed by atoms with Crippen LogP contribution in [0.4, 0.5) is 4.39 Å². The number of hydrogen-bond acceptors (Lipinski definition) is 4. The molecule has 3 rings (SSSR count). The molecule has 0 saturated heterocycles. The number of nitrogens with one attached hydrogen (secondary N) is 1. The SMILES string of the molecule is CCCc1nc2c(C)cc(CNC(=O)C(CS)C(C)C)cc2n1Cc1ccc(C(=O)O)c(F)c1. The molecule has 0 radical (unpaired) electrons. The molecule has 8 heteroatoms. The van der Waals surface area contributed by atoms with E-state index >= 15 is 0 Å². The zero-order valence-electron chi connectivity index (χ0n) is 20.1. The average Bonchev–Trinajstić information content (AvgIpc) is 3.10. The Bertz CT molecular complexity index is 1210. The molecule has 34 heavy (non-hydrogen) atoms. The molecule has 182 valence electrons. The highest BCUT2D eigenvalue weighted by Gasteiger charge is 2.21. The molecule has 0 saturated carbocycles. The van der Waals surface area contributed by atoms with E-state index in [1.807, 2.05) is 32.9 Å². The Kier molecular flexibility index (Phi) is 8.36. The number of fused-ring (bicyclic) bond motifs is 1. The van der Waals surface area contributed by atoms with Gasteiger partial charge in [0, 0.05) is 31.2 Å². The number of carbonyl (C=O) groups excluding carboxylic acids is 1. The fourth-order valence-corrected chi connectivity index (χ4v) is 4.72. The molecule has 1 atom stereocenters. The summed E-state index contributed by atoms with van der Waals surface area (Å²) in [7, 11) is 0. The molecule has 1 unspecified atom stereocenters. The number of thiol groups is 1. The minimum absolute atomic E-state index is 0.0167. The van der Waals surface area contributed by atoms with Crippen molar-refractivity contribution >= 4 is 35.5 Å². The van der Waals surface area contributed by atoms with Crippen LogP contribution in [0.15, 0.2) is 30.3 Å². The number of halogens is 1. The molecule has 6 nitrogen and oxygen atoms in total. The van der Waals surface area contributed by atoms with Crippen LogP contribution in [0.2, 0.25) is 0 Å². The van der Waals surface area contributed by atoms with Crippen LogP contribution in [0.1, 0.15) is 60.1 Å². The first-order valence-corrected chi connectivity index (χ1v) is 12.2. The lowest BCUT2D eigenvalue weighted by Gasteiger charge is -2.18. The maximum atomic E-state index is 14.3. The molecule has 0 aliphatic carbocycles. The number of aromatic nitrogens is 2. The van der Waals surface area contributed by atoms with E-state index < -0.39 is 11.8 Å². The molecular weight excluding hydrogens is 453 g/mol. The van der Waals surface area contributed by atoms with Gasteiger partial charge in [-0.2, -0.15) is 12.6 Å². The number of carboxylic acids is 1. The van der Waals surface area contributed by atoms with Crippen molar-refractivity contribution in [1.82, 2.24) is 14.9 Å². The summed E-state index contributed by atoms with van der Waals surface area (Å²) in [6.45, 7) is 8.85. The summed E-state index contributed by atoms with van der Waals surface area (Å²) in [5, 5.41) is 12.1. The Morgan fingerprint density at radius 2 is 1.94 bits per heavy atom. The van der Waals surface area contributed by atoms with Crippen molar-refractivity contribution in [3.8, 4) is 0 Å². The predicted molar refractivity (Wildman–Crippen MR) is 135 cm³/mol. The molecule has 1 aromatic heterocycles. The highest BCUT2D eigenvalue weighted by atomic mass is 32.1. The van der Waals surface area contributed by atoms with Crippen molar-refractivity contribution in [3.63, 3.8) is 0 Å². The lowest BCUT2D eigenvalue weighted by molar-refractivity contribution is -0.125. The number of imidazole rings is 1. The van der Waals surface area contributed by atoms with Crippen LogP contribution in [0, 0.1) is 24.6 Å². The summed E-state index contributed by atoms with van der Waals surface area (Å²) in [6.07, 6.45) is 1.66. The largest absolute Gasteiger partial charge is 0.478 e. The average molecular weight is 486 g/mol. The maximum Gasteiger partial charge on any atom is 0.338 e. The van der Waals surface area contributed by atoms with Crippen LogP contribution >= 0.6 is 12.6 Å². The van der Waals surface area contributed by atoms with Gasteiger partial charge in [0.1, 0.15) is 11.6 Å². The van der Waals surface area contributed by atoms with E-state index in [1.165, 1.54) is 12.1 Å². The summed E-state index contributed by atoms with van der Waals surface area (Å²) < 4.78 is 16.3. The zero-order valence-corrected chi connectivity index (χ0v) is 21.0. The minimum Gasteiger partial charge on any atom is -0.478 e. The van der Waals surface area contributed by atoms with Gasteiger partial charge in [0.05, 0.1) is 16.6 Å². The smallest absolute Gasteiger partial charge is 0.338 e. The number of rotatable bonds is 10. The van der Waals surface area contributed by atoms with E-state index in [0.29, 0.717) is 24.4 Å². The molecule has 0 fully saturated rings. The fourth-order valence-electron chi connectivity index (χ4n) is 4.14. The van der Waals surface area contributed by atoms with Crippen LogP contribution in [0.25, 0.3) is 11.0 Å². The molecule has 0 bridgehead atoms. The van der Waals surface area contributed by atoms with Crippen molar-refractivity contribution in [3.05, 3.63) is 64.2 Å². The number of nitrogens with zero attached hydrogens (tertiary/aromatic N) is 2. The van der Waals surface area contributed by atoms with E-state index in [4.69, 9.17) is 10.1 Å². The van der Waals surface area contributed by atoms with Crippen molar-refractivity contribution in [2.75, 3.05) is 5.75 Å². The summed E-state index contributed by atoms with van der Waals surface area (Å²) in [5.74, 6) is -0.632. The Labute approximate surface area is 205 Å². The standard InChI is InChI=1S/C26H32FN3O3S/c1-5-6-23-29-24-16(4)9-18(12-28-25(31)20(14-34)15(2)3)11-22(24)30(23)13-17-7-8-19(26(32)33)21(27)10-17/h7-11,15,20,34H,5-6,12-14H2,1-4H3,(H,28,31)(H,32,33). The van der Waals surface area contributed by atoms with Crippen molar-refractivity contribution in [2.45, 2.75) is 53.6 Å². The number of amides is 1. The second-order valence-corrected chi connectivity index (χ2v) is 9.38. The van der Waals surface area contributed by atoms with Crippen molar-refractivity contribution in [1.29, 1.82) is 0 Å². The summed E-state index contributed by atoms with van der Waals surface area (Å²) in [4.78, 5) is 28.6. The monoisotopic (exact) mass is 485 g/mol. The number of aryl methyl sites for hydroxylation is 2. The third kappa shape index (κ3) is 5.60. The fraction of sp³-hybridized carbons (Fsp3) is 0.423. The van der Waals surface area contributed by atoms with Gasteiger partial charge in [0.2, 0.25) is 5.91 Å². The number of carbonyl (C=O) groups is 2. The van der Waals surface area contributed by atoms with Gasteiger partial charge in [-0.15, -0.1) is 0 Å². The first-order chi connectivity index (χ1) is 16.2. The quantitative estimate of drug-likeness (QED) is 0.353. The predicted octanol–water partition coefficient (Wildman–Crippen LogP) is 5.00. The highest BCUT2D eigenvalue weighted by Crippen LogP contribution is 2.25. The molecular formula is C26H32FN3O3S. The zero-order chi connectivity index (χ0) is 25.0. The lowest BCUT2D eigenvalue weighted by Crippen LogP contribution is -2.34. The van der Waals surface area contributed by atoms with E-state index in [2.05, 4.69) is 29.4 Å². The van der Waals surface area contributed by atoms with Crippen LogP contribution in [-0.4, -0.2) is 32.3 Å². The van der Waals surface area contributed by atoms with Crippen LogP contribution < -0.4 is 5.32 Å². The molecule has 0 aliphatic rings. The van der Waals surface area contributed by atoms with Gasteiger partial charge in [-0.05, 0) is 54.2 Å². The van der Waals surface area contributed by atoms with Gasteiger partial charge in [0.25, 0.3) is 0 Å². The summed E-state index contributed by atoms with van der Waals surface area (Å²) in [5.41, 5.74) is 4.05. The van der Waals surface area contributed by atoms with E-state index in [-0.39, 0.29) is 23.3 Å². The van der Waals surface area contributed by atoms with Gasteiger partial charge < -0.3 is 15.0 Å². The first-order valence-electron chi connectivity index (χ1n) is 11.5. The van der Waals surface area contributed by atoms with E-state index in [0.717, 1.165) is 40.8 Å². The second-order valence-electron chi connectivity index (χ2n) is 9.01. The molecule has 0 spiro atoms. The van der Waals surface area contributed by atoms with E-state index in [1.54, 1.807) is 6.07 Å². The third-order valence-corrected chi connectivity index (χ3v) is 6.46. The second kappa shape index (κ2) is 11.0. The summed E-state index contributed by atoms with van der Waals surface area (Å²) in [6, 6.07) is 8.24. The Morgan fingerprint density at radius 3 is 2.53 bits per heavy atom. The Hall–Kier alpha value is -2.87. The number of benzene rings is 2. The molecule has 1 heterocycles. The van der Waals surface area contributed by atoms with Crippen molar-refractivity contribution in [2.24, 2.45) is 11.8 Å². The minimum atomic E-state index is -1.29.